The van der Waals surface area contributed by atoms with Crippen LogP contribution in [0, 0.1) is 62.6 Å². The van der Waals surface area contributed by atoms with E-state index >= 15 is 0 Å². The molecule has 402 valence electrons. The molecule has 10 heteroatoms. The maximum absolute atomic E-state index is 12.6. The second kappa shape index (κ2) is 16.8. The van der Waals surface area contributed by atoms with Crippen LogP contribution in [0.15, 0.2) is 48.6 Å². The summed E-state index contributed by atoms with van der Waals surface area (Å²) in [6.07, 6.45) is 13.7. The Balaban J connectivity index is 0.000000127. The van der Waals surface area contributed by atoms with Crippen LogP contribution in [0.3, 0.4) is 0 Å². The summed E-state index contributed by atoms with van der Waals surface area (Å²) in [6, 6.07) is 9.99. The molecule has 0 bridgehead atoms. The average molecular weight is 1010 g/mol. The van der Waals surface area contributed by atoms with Gasteiger partial charge in [0.25, 0.3) is 0 Å². The fourth-order valence-electron chi connectivity index (χ4n) is 20.5. The molecule has 10 nitrogen and oxygen atoms in total. The fourth-order valence-corrected chi connectivity index (χ4v) is 20.5. The van der Waals surface area contributed by atoms with Crippen LogP contribution in [0.4, 0.5) is 0 Å². The number of nitrogens with one attached hydrogen (secondary N) is 2. The van der Waals surface area contributed by atoms with Crippen LogP contribution in [0.2, 0.25) is 0 Å². The van der Waals surface area contributed by atoms with Crippen LogP contribution in [-0.2, 0) is 45.1 Å². The maximum atomic E-state index is 12.6. The Labute approximate surface area is 441 Å². The molecule has 0 unspecified atom stereocenters. The van der Waals surface area contributed by atoms with Gasteiger partial charge in [-0.2, -0.15) is 0 Å². The summed E-state index contributed by atoms with van der Waals surface area (Å²) in [6.45, 7) is 32.4. The number of hydrogen-bond acceptors (Lipinski definition) is 8. The molecule has 4 saturated carbocycles. The smallest absolute Gasteiger partial charge is 0.225 e. The molecule has 2 amide bonds. The molecular weight excluding hydrogens is 925 g/mol. The quantitative estimate of drug-likeness (QED) is 0.103. The van der Waals surface area contributed by atoms with Crippen LogP contribution < -0.4 is 10.6 Å². The van der Waals surface area contributed by atoms with Crippen LogP contribution in [0.5, 0.6) is 34.5 Å². The third-order valence-electron chi connectivity index (χ3n) is 23.9. The molecule has 0 spiro atoms. The second-order valence-electron chi connectivity index (χ2n) is 28.6. The van der Waals surface area contributed by atoms with Crippen molar-refractivity contribution in [3.63, 3.8) is 0 Å². The van der Waals surface area contributed by atoms with E-state index in [9.17, 15) is 40.2 Å². The van der Waals surface area contributed by atoms with E-state index in [2.05, 4.69) is 100 Å². The number of phenolic OH excluding ortho intramolecular Hbond substituents is 6. The Kier molecular flexibility index (Phi) is 11.9. The summed E-state index contributed by atoms with van der Waals surface area (Å²) in [5, 5.41) is 67.9. The van der Waals surface area contributed by atoms with E-state index in [0.717, 1.165) is 111 Å². The van der Waals surface area contributed by atoms with Crippen molar-refractivity contribution in [2.24, 2.45) is 62.6 Å². The fraction of sp³-hybridized carbons (Fsp3) is 0.656. The number of aromatic hydroxyl groups is 6. The normalized spacial score (nSPS) is 39.3. The molecule has 3 aromatic rings. The summed E-state index contributed by atoms with van der Waals surface area (Å²) in [4.78, 5) is 24.9. The van der Waals surface area contributed by atoms with Gasteiger partial charge in [-0.15, -0.1) is 0 Å². The molecule has 8 N–H and O–H groups in total. The minimum Gasteiger partial charge on any atom is -0.508 e. The number of amides is 2. The Morgan fingerprint density at radius 3 is 1.26 bits per heavy atom. The van der Waals surface area contributed by atoms with Crippen molar-refractivity contribution >= 4 is 11.8 Å². The van der Waals surface area contributed by atoms with Crippen LogP contribution in [0.25, 0.3) is 0 Å². The van der Waals surface area contributed by atoms with Crippen molar-refractivity contribution in [2.45, 2.75) is 195 Å². The third kappa shape index (κ3) is 7.41. The highest BCUT2D eigenvalue weighted by Gasteiger charge is 2.65. The Hall–Kier alpha value is -4.86. The standard InChI is InChI=1S/C22H30O2.2C21H29NO3/c1-13-6-8-21(4)17(20(13,2)3)7-9-22(5)18(21)11-14-10-15(23)12-16(24)19(14)22;1-19(2)15-5-7-21(4)16(20(15,3)8-6-17(25)22-19)10-12-9-13(23)11-14(24)18(12)21;1-19(2)15-5-6-21(4)16(20(15,3)7-8-22-18(19)25)10-12-9-13(23)11-14(24)17(12)21/h10,12,17-18,23-24H,1,6-9,11H2,2-5H3;2*9,11,15-16,23-24H,5-8,10H2,1-4H3,(H,22,25)/t17-,18+,21-,22+;2*15-,16+,20-,21+/m000/s1. The van der Waals surface area contributed by atoms with Gasteiger partial charge in [0.1, 0.15) is 34.5 Å². The van der Waals surface area contributed by atoms with E-state index < -0.39 is 0 Å². The number of allylic oxidation sites excluding steroid dienone is 1. The lowest BCUT2D eigenvalue weighted by Crippen LogP contribution is -2.58. The van der Waals surface area contributed by atoms with Gasteiger partial charge in [-0.1, -0.05) is 81.4 Å². The first-order valence-electron chi connectivity index (χ1n) is 28.2. The molecule has 0 aromatic heterocycles. The summed E-state index contributed by atoms with van der Waals surface area (Å²) >= 11 is 0. The summed E-state index contributed by atoms with van der Waals surface area (Å²) < 4.78 is 0. The summed E-state index contributed by atoms with van der Waals surface area (Å²) in [7, 11) is 0. The van der Waals surface area contributed by atoms with Gasteiger partial charge in [0.2, 0.25) is 11.8 Å². The molecule has 12 rings (SSSR count). The van der Waals surface area contributed by atoms with Gasteiger partial charge in [0.05, 0.1) is 0 Å². The molecule has 2 saturated heterocycles. The zero-order valence-corrected chi connectivity index (χ0v) is 46.7. The molecule has 2 aliphatic heterocycles. The van der Waals surface area contributed by atoms with Crippen molar-refractivity contribution in [3.05, 3.63) is 81.9 Å². The van der Waals surface area contributed by atoms with Crippen molar-refractivity contribution in [2.75, 3.05) is 6.54 Å². The minimum atomic E-state index is -0.383. The minimum absolute atomic E-state index is 0.0210. The molecule has 74 heavy (non-hydrogen) atoms. The number of rotatable bonds is 0. The highest BCUT2D eigenvalue weighted by atomic mass is 16.3. The van der Waals surface area contributed by atoms with Crippen LogP contribution in [0.1, 0.15) is 187 Å². The number of phenols is 6. The molecule has 12 atom stereocenters. The van der Waals surface area contributed by atoms with E-state index in [4.69, 9.17) is 0 Å². The zero-order valence-electron chi connectivity index (χ0n) is 46.7. The van der Waals surface area contributed by atoms with Gasteiger partial charge in [-0.3, -0.25) is 9.59 Å². The van der Waals surface area contributed by atoms with Crippen molar-refractivity contribution in [1.29, 1.82) is 0 Å². The van der Waals surface area contributed by atoms with E-state index in [1.54, 1.807) is 0 Å². The lowest BCUT2D eigenvalue weighted by Gasteiger charge is -2.61. The molecule has 9 aliphatic rings. The number of carbonyl (C=O) groups excluding carboxylic acids is 2. The lowest BCUT2D eigenvalue weighted by molar-refractivity contribution is -0.138. The molecule has 3 aromatic carbocycles. The first kappa shape index (κ1) is 52.6. The van der Waals surface area contributed by atoms with E-state index in [1.165, 1.54) is 36.6 Å². The van der Waals surface area contributed by atoms with E-state index in [1.807, 2.05) is 18.2 Å². The predicted octanol–water partition coefficient (Wildman–Crippen LogP) is 12.4. The monoisotopic (exact) mass is 1010 g/mol. The first-order chi connectivity index (χ1) is 34.3. The topological polar surface area (TPSA) is 180 Å². The molecule has 6 fully saturated rings. The Bertz CT molecular complexity index is 2780. The van der Waals surface area contributed by atoms with Crippen LogP contribution in [-0.4, -0.2) is 54.5 Å². The molecule has 2 heterocycles. The number of carbonyl (C=O) groups is 2. The zero-order chi connectivity index (χ0) is 53.9. The third-order valence-corrected chi connectivity index (χ3v) is 23.9. The van der Waals surface area contributed by atoms with E-state index in [0.29, 0.717) is 41.9 Å². The van der Waals surface area contributed by atoms with Gasteiger partial charge >= 0.3 is 0 Å². The Morgan fingerprint density at radius 2 is 0.824 bits per heavy atom. The van der Waals surface area contributed by atoms with E-state index in [-0.39, 0.29) is 95.2 Å². The van der Waals surface area contributed by atoms with Gasteiger partial charge < -0.3 is 41.3 Å². The highest BCUT2D eigenvalue weighted by molar-refractivity contribution is 5.82. The number of fused-ring (bicyclic) bond motifs is 15. The SMILES string of the molecule is C=C1CC[C@]2(C)[C@H]3Cc4cc(O)cc(O)c4[C@]3(C)CC[C@H]2C1(C)C.CC1(C)C(=O)NCC[C@]2(C)[C@H]3Cc4cc(O)cc(O)c4[C@]3(C)CC[C@@H]12.CC1(C)NC(=O)CC[C@]2(C)[C@H]3Cc4cc(O)cc(O)c4[C@]3(C)CC[C@@H]12. The maximum Gasteiger partial charge on any atom is 0.225 e. The second-order valence-corrected chi connectivity index (χ2v) is 28.6. The van der Waals surface area contributed by atoms with Crippen molar-refractivity contribution in [1.82, 2.24) is 10.6 Å². The molecule has 7 aliphatic carbocycles. The molecule has 0 radical (unpaired) electrons. The lowest BCUT2D eigenvalue weighted by atomic mass is 9.43. The number of hydrogen-bond donors (Lipinski definition) is 8. The first-order valence-corrected chi connectivity index (χ1v) is 28.2. The van der Waals surface area contributed by atoms with Gasteiger partial charge in [0, 0.05) is 75.1 Å². The number of benzene rings is 3. The highest BCUT2D eigenvalue weighted by Crippen LogP contribution is 2.71. The Morgan fingerprint density at radius 1 is 0.459 bits per heavy atom. The summed E-state index contributed by atoms with van der Waals surface area (Å²) in [5.41, 5.74) is 7.60. The largest absolute Gasteiger partial charge is 0.508 e. The van der Waals surface area contributed by atoms with Gasteiger partial charge in [-0.05, 0) is 189 Å². The average Bonchev–Trinajstić information content (AvgIpc) is 3.85. The van der Waals surface area contributed by atoms with Crippen LogP contribution >= 0.6 is 0 Å². The predicted molar refractivity (Wildman–Crippen MR) is 290 cm³/mol. The van der Waals surface area contributed by atoms with Crippen molar-refractivity contribution in [3.8, 4) is 34.5 Å². The van der Waals surface area contributed by atoms with Gasteiger partial charge in [0.15, 0.2) is 0 Å². The summed E-state index contributed by atoms with van der Waals surface area (Å²) in [5.74, 6) is 4.17. The molecular formula is C64H88N2O8. The van der Waals surface area contributed by atoms with Gasteiger partial charge in [-0.25, -0.2) is 0 Å². The van der Waals surface area contributed by atoms with Crippen molar-refractivity contribution < 1.29 is 40.2 Å².